The van der Waals surface area contributed by atoms with Crippen LogP contribution in [0, 0.1) is 0 Å². The summed E-state index contributed by atoms with van der Waals surface area (Å²) in [6.45, 7) is 2.51. The lowest BCUT2D eigenvalue weighted by atomic mass is 10.4. The molecule has 0 saturated carbocycles. The van der Waals surface area contributed by atoms with Gasteiger partial charge in [-0.25, -0.2) is 9.97 Å². The normalized spacial score (nSPS) is 11.6. The molecule has 0 fully saturated rings. The molecular weight excluding hydrogens is 250 g/mol. The lowest BCUT2D eigenvalue weighted by molar-refractivity contribution is 0.190. The summed E-state index contributed by atoms with van der Waals surface area (Å²) in [7, 11) is 3.28. The summed E-state index contributed by atoms with van der Waals surface area (Å²) in [5.41, 5.74) is 5.75. The summed E-state index contributed by atoms with van der Waals surface area (Å²) >= 11 is 0. The van der Waals surface area contributed by atoms with E-state index in [1.807, 2.05) is 4.90 Å². The average Bonchev–Trinajstić information content (AvgIpc) is 2.47. The smallest absolute Gasteiger partial charge is 0.190 e. The van der Waals surface area contributed by atoms with Gasteiger partial charge in [0.2, 0.25) is 0 Å². The van der Waals surface area contributed by atoms with Crippen molar-refractivity contribution in [2.45, 2.75) is 0 Å². The first-order valence-corrected chi connectivity index (χ1v) is 5.75. The molecule has 0 aliphatic rings. The van der Waals surface area contributed by atoms with E-state index in [0.29, 0.717) is 37.8 Å². The highest BCUT2D eigenvalue weighted by Crippen LogP contribution is 2.08. The Morgan fingerprint density at radius 3 is 2.32 bits per heavy atom. The van der Waals surface area contributed by atoms with Crippen LogP contribution in [0.5, 0.6) is 0 Å². The molecule has 0 bridgehead atoms. The molecule has 1 aromatic rings. The van der Waals surface area contributed by atoms with Crippen molar-refractivity contribution in [3.63, 3.8) is 0 Å². The van der Waals surface area contributed by atoms with E-state index < -0.39 is 0 Å². The molecule has 0 aliphatic heterocycles. The first-order chi connectivity index (χ1) is 9.22. The summed E-state index contributed by atoms with van der Waals surface area (Å²) in [4.78, 5) is 10.3. The van der Waals surface area contributed by atoms with Gasteiger partial charge in [-0.3, -0.25) is 0 Å². The molecule has 3 N–H and O–H groups in total. The number of rotatable bonds is 8. The Labute approximate surface area is 111 Å². The number of amidine groups is 1. The van der Waals surface area contributed by atoms with Crippen molar-refractivity contribution in [1.29, 1.82) is 0 Å². The van der Waals surface area contributed by atoms with E-state index in [2.05, 4.69) is 15.1 Å². The Morgan fingerprint density at radius 2 is 1.89 bits per heavy atom. The van der Waals surface area contributed by atoms with E-state index in [1.165, 1.54) is 6.20 Å². The van der Waals surface area contributed by atoms with Gasteiger partial charge in [-0.1, -0.05) is 5.16 Å². The average molecular weight is 269 g/mol. The Morgan fingerprint density at radius 1 is 1.26 bits per heavy atom. The Bertz CT molecular complexity index is 388. The fourth-order valence-electron chi connectivity index (χ4n) is 1.41. The molecule has 8 nitrogen and oxygen atoms in total. The second kappa shape index (κ2) is 8.22. The van der Waals surface area contributed by atoms with Gasteiger partial charge in [-0.15, -0.1) is 0 Å². The number of nitrogens with two attached hydrogens (primary N) is 1. The Hall–Kier alpha value is -1.93. The van der Waals surface area contributed by atoms with E-state index in [4.69, 9.17) is 20.4 Å². The summed E-state index contributed by atoms with van der Waals surface area (Å²) in [5, 5.41) is 11.4. The summed E-state index contributed by atoms with van der Waals surface area (Å²) in [6, 6.07) is 0. The van der Waals surface area contributed by atoms with Crippen LogP contribution in [0.2, 0.25) is 0 Å². The fourth-order valence-corrected chi connectivity index (χ4v) is 1.41. The molecule has 1 heterocycles. The van der Waals surface area contributed by atoms with Crippen molar-refractivity contribution < 1.29 is 14.7 Å². The maximum absolute atomic E-state index is 8.55. The first kappa shape index (κ1) is 15.1. The van der Waals surface area contributed by atoms with Crippen molar-refractivity contribution in [3.8, 4) is 0 Å². The van der Waals surface area contributed by atoms with Crippen LogP contribution in [0.1, 0.15) is 5.69 Å². The quantitative estimate of drug-likeness (QED) is 0.288. The molecule has 1 aromatic heterocycles. The van der Waals surface area contributed by atoms with E-state index in [-0.39, 0.29) is 5.84 Å². The van der Waals surface area contributed by atoms with Crippen LogP contribution in [0.15, 0.2) is 17.5 Å². The Balaban J connectivity index is 2.77. The van der Waals surface area contributed by atoms with Gasteiger partial charge < -0.3 is 25.3 Å². The van der Waals surface area contributed by atoms with Gasteiger partial charge in [0.05, 0.1) is 25.6 Å². The summed E-state index contributed by atoms with van der Waals surface area (Å²) < 4.78 is 10.1. The number of methoxy groups -OCH3 is 2. The molecule has 0 atom stereocenters. The number of hydrogen-bond acceptors (Lipinski definition) is 7. The van der Waals surface area contributed by atoms with Crippen molar-refractivity contribution >= 4 is 11.7 Å². The topological polar surface area (TPSA) is 106 Å². The molecule has 0 saturated heterocycles. The van der Waals surface area contributed by atoms with Crippen LogP contribution in [0.25, 0.3) is 0 Å². The van der Waals surface area contributed by atoms with Gasteiger partial charge in [0, 0.05) is 27.3 Å². The van der Waals surface area contributed by atoms with Crippen molar-refractivity contribution in [2.24, 2.45) is 10.9 Å². The number of hydrogen-bond donors (Lipinski definition) is 2. The van der Waals surface area contributed by atoms with Gasteiger partial charge in [0.15, 0.2) is 5.84 Å². The van der Waals surface area contributed by atoms with Crippen LogP contribution in [0.3, 0.4) is 0 Å². The zero-order valence-corrected chi connectivity index (χ0v) is 11.1. The molecule has 0 amide bonds. The molecular formula is C11H19N5O3. The van der Waals surface area contributed by atoms with Crippen LogP contribution >= 0.6 is 0 Å². The number of ether oxygens (including phenoxy) is 2. The fraction of sp³-hybridized carbons (Fsp3) is 0.545. The SMILES string of the molecule is COCCN(CCOC)c1cnc(C(N)=NO)cn1. The van der Waals surface area contributed by atoms with Gasteiger partial charge in [0.25, 0.3) is 0 Å². The molecule has 0 aliphatic carbocycles. The third kappa shape index (κ3) is 4.68. The van der Waals surface area contributed by atoms with Gasteiger partial charge in [-0.05, 0) is 0 Å². The first-order valence-electron chi connectivity index (χ1n) is 5.75. The number of aromatic nitrogens is 2. The molecule has 0 spiro atoms. The maximum atomic E-state index is 8.55. The second-order valence-corrected chi connectivity index (χ2v) is 3.72. The predicted molar refractivity (Wildman–Crippen MR) is 70.5 cm³/mol. The highest BCUT2D eigenvalue weighted by atomic mass is 16.5. The predicted octanol–water partition coefficient (Wildman–Crippen LogP) is -0.330. The van der Waals surface area contributed by atoms with Crippen molar-refractivity contribution in [3.05, 3.63) is 18.1 Å². The monoisotopic (exact) mass is 269 g/mol. The Kier molecular flexibility index (Phi) is 6.55. The number of oxime groups is 1. The standard InChI is InChI=1S/C11H19N5O3/c1-18-5-3-16(4-6-19-2)10-8-13-9(7-14-10)11(12)15-17/h7-8,17H,3-6H2,1-2H3,(H2,12,15). The lowest BCUT2D eigenvalue weighted by Gasteiger charge is -2.22. The second-order valence-electron chi connectivity index (χ2n) is 3.72. The third-order valence-corrected chi connectivity index (χ3v) is 2.46. The molecule has 106 valence electrons. The maximum Gasteiger partial charge on any atom is 0.190 e. The van der Waals surface area contributed by atoms with E-state index >= 15 is 0 Å². The minimum atomic E-state index is -0.0700. The summed E-state index contributed by atoms with van der Waals surface area (Å²) in [6.07, 6.45) is 3.02. The molecule has 0 aromatic carbocycles. The number of anilines is 1. The van der Waals surface area contributed by atoms with E-state index in [9.17, 15) is 0 Å². The minimum Gasteiger partial charge on any atom is -0.409 e. The molecule has 1 rings (SSSR count). The van der Waals surface area contributed by atoms with Crippen molar-refractivity contribution in [2.75, 3.05) is 45.4 Å². The molecule has 19 heavy (non-hydrogen) atoms. The largest absolute Gasteiger partial charge is 0.409 e. The van der Waals surface area contributed by atoms with Gasteiger partial charge in [0.1, 0.15) is 11.5 Å². The van der Waals surface area contributed by atoms with Gasteiger partial charge in [-0.2, -0.15) is 0 Å². The van der Waals surface area contributed by atoms with Crippen molar-refractivity contribution in [1.82, 2.24) is 9.97 Å². The summed E-state index contributed by atoms with van der Waals surface area (Å²) in [5.74, 6) is 0.614. The highest BCUT2D eigenvalue weighted by molar-refractivity contribution is 5.94. The lowest BCUT2D eigenvalue weighted by Crippen LogP contribution is -2.31. The van der Waals surface area contributed by atoms with Crippen LogP contribution in [-0.2, 0) is 9.47 Å². The molecule has 0 radical (unpaired) electrons. The minimum absolute atomic E-state index is 0.0700. The zero-order valence-electron chi connectivity index (χ0n) is 11.1. The van der Waals surface area contributed by atoms with Crippen LogP contribution in [0.4, 0.5) is 5.82 Å². The van der Waals surface area contributed by atoms with E-state index in [1.54, 1.807) is 20.4 Å². The van der Waals surface area contributed by atoms with Crippen LogP contribution < -0.4 is 10.6 Å². The van der Waals surface area contributed by atoms with Crippen LogP contribution in [-0.4, -0.2) is 61.5 Å². The number of nitrogens with zero attached hydrogens (tertiary/aromatic N) is 4. The van der Waals surface area contributed by atoms with Gasteiger partial charge >= 0.3 is 0 Å². The zero-order chi connectivity index (χ0) is 14.1. The molecule has 0 unspecified atom stereocenters. The third-order valence-electron chi connectivity index (χ3n) is 2.46. The van der Waals surface area contributed by atoms with E-state index in [0.717, 1.165) is 0 Å². The highest BCUT2D eigenvalue weighted by Gasteiger charge is 2.09. The molecule has 8 heteroatoms.